The molecule has 0 saturated heterocycles. The molecule has 58 heavy (non-hydrogen) atoms. The summed E-state index contributed by atoms with van der Waals surface area (Å²) in [6.45, 7) is 0.796. The van der Waals surface area contributed by atoms with Gasteiger partial charge in [-0.05, 0) is 101 Å². The number of nitriles is 1. The third-order valence-corrected chi connectivity index (χ3v) is 12.1. The molecule has 1 saturated carbocycles. The maximum Gasteiger partial charge on any atom is 0.326 e. The van der Waals surface area contributed by atoms with Gasteiger partial charge in [-0.1, -0.05) is 84.2 Å². The lowest BCUT2D eigenvalue weighted by Crippen LogP contribution is -2.58. The van der Waals surface area contributed by atoms with Crippen LogP contribution >= 0.6 is 23.2 Å². The fraction of sp³-hybridized carbons (Fsp3) is 0.261. The van der Waals surface area contributed by atoms with Gasteiger partial charge < -0.3 is 24.8 Å². The standard InChI is InChI=1S/C46H40Cl2N4O6/c1-51-40-21-33-22-41(44(53)50-39(46(55)56)20-27-5-10-30(11-6-27)31-12-7-28(24-49)8-13-31)52(35-3-2-4-35)25-34(33)23-42(40)58-43(45(51)54)32-14-16-36(17-15-32)57-26-29-9-18-37(47)38(48)19-29/h5-19,21,23,35,39,41,43H,2-4,20,22,25-26H2,1H3,(H,50,53)(H,55,56)/t39-,41?,43-/m0/s1. The third-order valence-electron chi connectivity index (χ3n) is 11.4. The third kappa shape index (κ3) is 8.12. The molecular formula is C46H40Cl2N4O6. The number of benzene rings is 5. The van der Waals surface area contributed by atoms with E-state index in [1.165, 1.54) is 0 Å². The number of hydrogen-bond acceptors (Lipinski definition) is 7. The van der Waals surface area contributed by atoms with Crippen molar-refractivity contribution in [1.82, 2.24) is 10.2 Å². The Morgan fingerprint density at radius 1 is 0.914 bits per heavy atom. The van der Waals surface area contributed by atoms with Crippen LogP contribution in [0, 0.1) is 11.3 Å². The predicted octanol–water partition coefficient (Wildman–Crippen LogP) is 8.30. The highest BCUT2D eigenvalue weighted by molar-refractivity contribution is 6.42. The minimum atomic E-state index is -1.13. The molecule has 2 amide bonds. The van der Waals surface area contributed by atoms with Crippen molar-refractivity contribution in [3.05, 3.63) is 147 Å². The van der Waals surface area contributed by atoms with Crippen LogP contribution in [0.25, 0.3) is 11.1 Å². The molecular weight excluding hydrogens is 775 g/mol. The van der Waals surface area contributed by atoms with E-state index in [2.05, 4.69) is 16.3 Å². The van der Waals surface area contributed by atoms with Gasteiger partial charge in [0.15, 0.2) is 0 Å². The largest absolute Gasteiger partial charge is 0.489 e. The molecule has 1 aliphatic carbocycles. The number of fused-ring (bicyclic) bond motifs is 2. The van der Waals surface area contributed by atoms with Gasteiger partial charge in [-0.25, -0.2) is 4.79 Å². The number of rotatable bonds is 11. The molecule has 0 aromatic heterocycles. The fourth-order valence-electron chi connectivity index (χ4n) is 7.82. The van der Waals surface area contributed by atoms with E-state index < -0.39 is 24.2 Å². The van der Waals surface area contributed by atoms with Crippen molar-refractivity contribution in [2.24, 2.45) is 0 Å². The monoisotopic (exact) mass is 814 g/mol. The van der Waals surface area contributed by atoms with E-state index in [9.17, 15) is 19.5 Å². The van der Waals surface area contributed by atoms with Crippen LogP contribution in [0.2, 0.25) is 10.0 Å². The lowest BCUT2D eigenvalue weighted by molar-refractivity contribution is -0.143. The maximum absolute atomic E-state index is 14.1. The van der Waals surface area contributed by atoms with Crippen molar-refractivity contribution >= 4 is 46.7 Å². The van der Waals surface area contributed by atoms with Crippen molar-refractivity contribution in [2.75, 3.05) is 11.9 Å². The molecule has 3 aliphatic rings. The van der Waals surface area contributed by atoms with Gasteiger partial charge in [0, 0.05) is 31.6 Å². The molecule has 1 unspecified atom stereocenters. The molecule has 5 aromatic rings. The Labute approximate surface area is 346 Å². The number of carboxylic acids is 1. The van der Waals surface area contributed by atoms with Crippen molar-refractivity contribution in [2.45, 2.75) is 69.5 Å². The van der Waals surface area contributed by atoms with E-state index >= 15 is 0 Å². The van der Waals surface area contributed by atoms with Gasteiger partial charge in [-0.2, -0.15) is 5.26 Å². The Bertz CT molecular complexity index is 2410. The number of hydrogen-bond donors (Lipinski definition) is 2. The number of carbonyl (C=O) groups excluding carboxylic acids is 2. The highest BCUT2D eigenvalue weighted by atomic mass is 35.5. The summed E-state index contributed by atoms with van der Waals surface area (Å²) in [5, 5.41) is 23.1. The molecule has 3 atom stereocenters. The number of nitrogens with zero attached hydrogens (tertiary/aromatic N) is 3. The first kappa shape index (κ1) is 39.0. The summed E-state index contributed by atoms with van der Waals surface area (Å²) in [6, 6.07) is 31.9. The summed E-state index contributed by atoms with van der Waals surface area (Å²) in [5.74, 6) is -0.463. The van der Waals surface area contributed by atoms with Crippen molar-refractivity contribution in [3.63, 3.8) is 0 Å². The number of ether oxygens (including phenoxy) is 2. The Kier molecular flexibility index (Phi) is 11.1. The number of aliphatic carboxylic acids is 1. The summed E-state index contributed by atoms with van der Waals surface area (Å²) in [7, 11) is 1.72. The molecule has 5 aromatic carbocycles. The normalized spacial score (nSPS) is 18.2. The summed E-state index contributed by atoms with van der Waals surface area (Å²) in [6.07, 6.45) is 2.62. The first-order valence-electron chi connectivity index (χ1n) is 19.2. The van der Waals surface area contributed by atoms with E-state index in [1.54, 1.807) is 48.3 Å². The number of anilines is 1. The molecule has 2 heterocycles. The highest BCUT2D eigenvalue weighted by Crippen LogP contribution is 2.43. The zero-order valence-electron chi connectivity index (χ0n) is 31.7. The van der Waals surface area contributed by atoms with Crippen molar-refractivity contribution in [1.29, 1.82) is 5.26 Å². The summed E-state index contributed by atoms with van der Waals surface area (Å²) >= 11 is 12.2. The first-order valence-corrected chi connectivity index (χ1v) is 20.0. The molecule has 2 N–H and O–H groups in total. The number of carboxylic acid groups (broad SMARTS) is 1. The van der Waals surface area contributed by atoms with Crippen LogP contribution in [0.5, 0.6) is 11.5 Å². The summed E-state index contributed by atoms with van der Waals surface area (Å²) in [5.41, 5.74) is 7.34. The van der Waals surface area contributed by atoms with Crippen LogP contribution in [0.1, 0.15) is 58.7 Å². The van der Waals surface area contributed by atoms with Gasteiger partial charge in [0.1, 0.15) is 24.1 Å². The van der Waals surface area contributed by atoms with E-state index in [-0.39, 0.29) is 24.3 Å². The molecule has 1 fully saturated rings. The van der Waals surface area contributed by atoms with E-state index in [1.807, 2.05) is 66.7 Å². The van der Waals surface area contributed by atoms with Gasteiger partial charge in [0.25, 0.3) is 5.91 Å². The molecule has 294 valence electrons. The van der Waals surface area contributed by atoms with Gasteiger partial charge in [0.05, 0.1) is 33.4 Å². The van der Waals surface area contributed by atoms with E-state index in [4.69, 9.17) is 37.9 Å². The van der Waals surface area contributed by atoms with E-state index in [0.717, 1.165) is 52.6 Å². The first-order chi connectivity index (χ1) is 28.0. The predicted molar refractivity (Wildman–Crippen MR) is 221 cm³/mol. The van der Waals surface area contributed by atoms with Crippen LogP contribution in [0.3, 0.4) is 0 Å². The minimum absolute atomic E-state index is 0.120. The molecule has 12 heteroatoms. The topological polar surface area (TPSA) is 132 Å². The summed E-state index contributed by atoms with van der Waals surface area (Å²) in [4.78, 5) is 44.1. The smallest absolute Gasteiger partial charge is 0.326 e. The van der Waals surface area contributed by atoms with Crippen LogP contribution in [-0.2, 0) is 40.4 Å². The Balaban J connectivity index is 0.959. The average Bonchev–Trinajstić information content (AvgIpc) is 3.21. The maximum atomic E-state index is 14.1. The van der Waals surface area contributed by atoms with Crippen LogP contribution < -0.4 is 19.7 Å². The minimum Gasteiger partial charge on any atom is -0.489 e. The number of halogens is 2. The second-order valence-electron chi connectivity index (χ2n) is 15.1. The second-order valence-corrected chi connectivity index (χ2v) is 15.9. The molecule has 0 bridgehead atoms. The molecule has 2 aliphatic heterocycles. The average molecular weight is 816 g/mol. The molecule has 10 nitrogen and oxygen atoms in total. The quantitative estimate of drug-likeness (QED) is 0.136. The molecule has 0 spiro atoms. The summed E-state index contributed by atoms with van der Waals surface area (Å²) < 4.78 is 12.4. The second kappa shape index (κ2) is 16.5. The van der Waals surface area contributed by atoms with Crippen molar-refractivity contribution in [3.8, 4) is 28.7 Å². The zero-order valence-corrected chi connectivity index (χ0v) is 33.2. The molecule has 0 radical (unpaired) electrons. The number of carbonyl (C=O) groups is 3. The Hall–Kier alpha value is -5.86. The lowest BCUT2D eigenvalue weighted by atomic mass is 9.84. The molecule has 8 rings (SSSR count). The fourth-order valence-corrected chi connectivity index (χ4v) is 8.14. The van der Waals surface area contributed by atoms with Gasteiger partial charge in [0.2, 0.25) is 12.0 Å². The van der Waals surface area contributed by atoms with Gasteiger partial charge in [-0.15, -0.1) is 0 Å². The van der Waals surface area contributed by atoms with Crippen LogP contribution in [0.4, 0.5) is 5.69 Å². The van der Waals surface area contributed by atoms with Crippen LogP contribution in [-0.4, -0.2) is 53.0 Å². The van der Waals surface area contributed by atoms with Crippen LogP contribution in [0.15, 0.2) is 103 Å². The van der Waals surface area contributed by atoms with Gasteiger partial charge in [-0.3, -0.25) is 14.5 Å². The Morgan fingerprint density at radius 2 is 1.60 bits per heavy atom. The zero-order chi connectivity index (χ0) is 40.5. The number of nitrogens with one attached hydrogen (secondary N) is 1. The van der Waals surface area contributed by atoms with Gasteiger partial charge >= 0.3 is 5.97 Å². The SMILES string of the molecule is CN1C(=O)[C@H](c2ccc(OCc3ccc(Cl)c(Cl)c3)cc2)Oc2cc3c(cc21)CC(C(=O)N[C@@H](Cc1ccc(-c2ccc(C#N)cc2)cc1)C(=O)O)N(C1CCC1)C3. The highest BCUT2D eigenvalue weighted by Gasteiger charge is 2.41. The number of amides is 2. The Morgan fingerprint density at radius 3 is 2.24 bits per heavy atom. The van der Waals surface area contributed by atoms with Crippen molar-refractivity contribution < 1.29 is 29.0 Å². The number of likely N-dealkylation sites (N-methyl/N-ethyl adjacent to an activating group) is 1. The lowest BCUT2D eigenvalue weighted by Gasteiger charge is -2.45. The van der Waals surface area contributed by atoms with E-state index in [0.29, 0.717) is 57.9 Å².